The lowest BCUT2D eigenvalue weighted by Gasteiger charge is -2.28. The number of hydrogen-bond acceptors (Lipinski definition) is 17. The summed E-state index contributed by atoms with van der Waals surface area (Å²) >= 11 is 0. The highest BCUT2D eigenvalue weighted by Crippen LogP contribution is 2.11. The average Bonchev–Trinajstić information content (AvgIpc) is 3.90. The van der Waals surface area contributed by atoms with Gasteiger partial charge in [-0.3, -0.25) is 53.0 Å². The first-order valence-corrected chi connectivity index (χ1v) is 24.3. The predicted octanol–water partition coefficient (Wildman–Crippen LogP) is -7.00. The number of aliphatic hydroxyl groups excluding tert-OH is 3. The molecule has 1 aromatic heterocycles. The highest BCUT2D eigenvalue weighted by molar-refractivity contribution is 6.00. The molecule has 0 radical (unpaired) electrons. The van der Waals surface area contributed by atoms with Crippen molar-refractivity contribution in [1.29, 1.82) is 0 Å². The molecule has 0 saturated carbocycles. The summed E-state index contributed by atoms with van der Waals surface area (Å²) < 4.78 is 0. The smallest absolute Gasteiger partial charge is 0.255 e. The first kappa shape index (κ1) is 61.2. The van der Waals surface area contributed by atoms with Gasteiger partial charge in [0.05, 0.1) is 30.6 Å². The maximum absolute atomic E-state index is 14.3. The molecule has 0 aliphatic carbocycles. The van der Waals surface area contributed by atoms with Crippen LogP contribution in [0, 0.1) is 5.92 Å². The molecule has 1 aliphatic rings. The number of benzene rings is 1. The van der Waals surface area contributed by atoms with Crippen LogP contribution in [0.1, 0.15) is 75.7 Å². The third-order valence-corrected chi connectivity index (χ3v) is 11.6. The Morgan fingerprint density at radius 2 is 1.19 bits per heavy atom. The Labute approximate surface area is 427 Å². The van der Waals surface area contributed by atoms with E-state index < -0.39 is 145 Å². The molecule has 1 saturated heterocycles. The minimum Gasteiger partial charge on any atom is -0.394 e. The molecular weight excluding hydrogens is 971 g/mol. The predicted molar refractivity (Wildman–Crippen MR) is 264 cm³/mol. The molecule has 0 unspecified atom stereocenters. The number of amides is 10. The fourth-order valence-corrected chi connectivity index (χ4v) is 7.54. The minimum atomic E-state index is -1.83. The highest BCUT2D eigenvalue weighted by Gasteiger charge is 2.37. The third kappa shape index (κ3) is 19.4. The number of carbonyl (C=O) groups is 10. The van der Waals surface area contributed by atoms with Crippen molar-refractivity contribution in [2.45, 2.75) is 133 Å². The van der Waals surface area contributed by atoms with E-state index in [1.165, 1.54) is 20.0 Å². The van der Waals surface area contributed by atoms with E-state index in [0.717, 1.165) is 6.20 Å². The molecule has 0 bridgehead atoms. The number of H-pyrrole nitrogens is 1. The fourth-order valence-electron chi connectivity index (χ4n) is 7.54. The van der Waals surface area contributed by atoms with Crippen LogP contribution < -0.4 is 70.4 Å². The highest BCUT2D eigenvalue weighted by atomic mass is 16.3. The van der Waals surface area contributed by atoms with Crippen LogP contribution in [0.4, 0.5) is 0 Å². The van der Waals surface area contributed by atoms with Crippen LogP contribution in [0.25, 0.3) is 0 Å². The van der Waals surface area contributed by atoms with E-state index in [4.69, 9.17) is 17.2 Å². The Bertz CT molecular complexity index is 2200. The van der Waals surface area contributed by atoms with Gasteiger partial charge in [-0.25, -0.2) is 0 Å². The number of carbonyl (C=O) groups excluding carboxylic acids is 10. The summed E-state index contributed by atoms with van der Waals surface area (Å²) in [6.07, 6.45) is -1.82. The van der Waals surface area contributed by atoms with Crippen molar-refractivity contribution in [3.63, 3.8) is 0 Å². The molecule has 11 atom stereocenters. The van der Waals surface area contributed by atoms with Crippen molar-refractivity contribution >= 4 is 59.1 Å². The topological polar surface area (TPSA) is 458 Å². The van der Waals surface area contributed by atoms with Crippen LogP contribution in [0.3, 0.4) is 0 Å². The number of aromatic nitrogens is 2. The van der Waals surface area contributed by atoms with E-state index in [9.17, 15) is 63.3 Å². The van der Waals surface area contributed by atoms with E-state index in [1.54, 1.807) is 44.2 Å². The van der Waals surface area contributed by atoms with Gasteiger partial charge in [0.2, 0.25) is 53.2 Å². The molecule has 3 rings (SSSR count). The first-order chi connectivity index (χ1) is 35.1. The molecule has 74 heavy (non-hydrogen) atoms. The minimum absolute atomic E-state index is 0.000353. The van der Waals surface area contributed by atoms with Crippen molar-refractivity contribution in [2.24, 2.45) is 23.1 Å². The Hall–Kier alpha value is -7.11. The van der Waals surface area contributed by atoms with Gasteiger partial charge in [0.1, 0.15) is 54.4 Å². The molecule has 0 spiro atoms. The lowest BCUT2D eigenvalue weighted by molar-refractivity contribution is -0.136. The summed E-state index contributed by atoms with van der Waals surface area (Å²) in [5, 5.41) is 62.1. The molecule has 1 aromatic carbocycles. The number of nitrogens with one attached hydrogen (secondary N) is 11. The van der Waals surface area contributed by atoms with Crippen LogP contribution in [0.15, 0.2) is 42.7 Å². The average molecular weight is 1040 g/mol. The molecule has 28 heteroatoms. The monoisotopic (exact) mass is 1040 g/mol. The molecule has 28 nitrogen and oxygen atoms in total. The van der Waals surface area contributed by atoms with Gasteiger partial charge in [0.25, 0.3) is 5.91 Å². The van der Waals surface area contributed by atoms with Gasteiger partial charge in [0.15, 0.2) is 0 Å². The maximum atomic E-state index is 14.3. The number of nitrogens with two attached hydrogens (primary N) is 3. The van der Waals surface area contributed by atoms with Crippen LogP contribution in [-0.4, -0.2) is 184 Å². The van der Waals surface area contributed by atoms with Gasteiger partial charge in [-0.05, 0) is 77.1 Å². The zero-order valence-electron chi connectivity index (χ0n) is 41.9. The maximum Gasteiger partial charge on any atom is 0.255 e. The van der Waals surface area contributed by atoms with Gasteiger partial charge in [-0.15, -0.1) is 0 Å². The van der Waals surface area contributed by atoms with E-state index in [0.29, 0.717) is 5.56 Å². The van der Waals surface area contributed by atoms with Crippen molar-refractivity contribution in [2.75, 3.05) is 32.8 Å². The van der Waals surface area contributed by atoms with Gasteiger partial charge >= 0.3 is 0 Å². The normalized spacial score (nSPS) is 23.7. The summed E-state index contributed by atoms with van der Waals surface area (Å²) in [5.74, 6) is -9.80. The Kier molecular flexibility index (Phi) is 25.5. The van der Waals surface area contributed by atoms with E-state index in [-0.39, 0.29) is 63.2 Å². The summed E-state index contributed by atoms with van der Waals surface area (Å²) in [5.41, 5.74) is 18.1. The first-order valence-electron chi connectivity index (χ1n) is 24.3. The number of aromatic amines is 1. The number of aliphatic hydroxyl groups is 3. The summed E-state index contributed by atoms with van der Waals surface area (Å²) in [4.78, 5) is 138. The van der Waals surface area contributed by atoms with Crippen molar-refractivity contribution in [3.05, 3.63) is 53.9 Å². The molecule has 10 amide bonds. The van der Waals surface area contributed by atoms with Gasteiger partial charge in [0, 0.05) is 19.2 Å². The number of nitrogens with zero attached hydrogens (tertiary/aromatic N) is 1. The second-order valence-corrected chi connectivity index (χ2v) is 18.1. The van der Waals surface area contributed by atoms with Gasteiger partial charge in [-0.1, -0.05) is 44.2 Å². The lowest BCUT2D eigenvalue weighted by Crippen LogP contribution is -2.61. The quantitative estimate of drug-likeness (QED) is 0.0622. The van der Waals surface area contributed by atoms with E-state index in [2.05, 4.69) is 63.4 Å². The van der Waals surface area contributed by atoms with Crippen LogP contribution in [-0.2, 0) is 49.6 Å². The zero-order chi connectivity index (χ0) is 55.1. The zero-order valence-corrected chi connectivity index (χ0v) is 41.9. The Morgan fingerprint density at radius 1 is 0.676 bits per heavy atom. The van der Waals surface area contributed by atoms with Crippen molar-refractivity contribution in [1.82, 2.24) is 63.4 Å². The van der Waals surface area contributed by atoms with Crippen LogP contribution in [0.5, 0.6) is 0 Å². The molecule has 2 aromatic rings. The molecule has 1 fully saturated rings. The molecule has 410 valence electrons. The Morgan fingerprint density at radius 3 is 1.69 bits per heavy atom. The van der Waals surface area contributed by atoms with Crippen molar-refractivity contribution in [3.8, 4) is 0 Å². The summed E-state index contributed by atoms with van der Waals surface area (Å²) in [6, 6.07) is -5.35. The van der Waals surface area contributed by atoms with Gasteiger partial charge in [-0.2, -0.15) is 5.10 Å². The summed E-state index contributed by atoms with van der Waals surface area (Å²) in [7, 11) is 0. The lowest BCUT2D eigenvalue weighted by atomic mass is 10.00. The van der Waals surface area contributed by atoms with Crippen LogP contribution in [0.2, 0.25) is 0 Å². The standard InChI is InChI=1S/C46H73N15O13/c1-23(2)18-32-42(70)55-28(10-14-47)38(66)54-30(12-16-49)41(69)61-35(24(3)63)45(73)50-17-13-31(56-44(72)34(22-62)59-46(74)36(25(4)64)60-37(65)27-20-51-52-21-27)40(68)53-29(11-15-48)39(67)58-33(43(71)57-32)19-26-8-6-5-7-9-26/h5-9,20-21,23-25,28-36,62-64H,10-19,22,47-49H2,1-4H3,(H,50,73)(H,51,52)(H,53,68)(H,54,66)(H,55,70)(H,56,72)(H,57,71)(H,58,67)(H,59,74)(H,60,65)(H,61,69)/t24-,25-,28+,29+,30+,31+,32+,33-,34-,35+,36+/m1/s1. The summed E-state index contributed by atoms with van der Waals surface area (Å²) in [6.45, 7) is 3.91. The van der Waals surface area contributed by atoms with Crippen molar-refractivity contribution < 1.29 is 63.3 Å². The number of rotatable bonds is 19. The van der Waals surface area contributed by atoms with E-state index >= 15 is 0 Å². The number of hydrogen-bond donors (Lipinski definition) is 17. The van der Waals surface area contributed by atoms with Crippen LogP contribution >= 0.6 is 0 Å². The van der Waals surface area contributed by atoms with E-state index in [1.807, 2.05) is 0 Å². The SMILES string of the molecule is CC(C)C[C@@H]1NC(=O)[C@@H](Cc2ccccc2)NC(=O)[C@H](CCN)NC(=O)[C@@H](NC(=O)[C@@H](CO)NC(=O)[C@@H](NC(=O)c2cn[nH]c2)[C@@H](C)O)CCNC(=O)[C@H]([C@@H](C)O)NC(=O)[C@H](CCN)NC(=O)[C@H](CCN)NC1=O. The molecular formula is C46H73N15O13. The Balaban J connectivity index is 2.10. The second-order valence-electron chi connectivity index (χ2n) is 18.1. The largest absolute Gasteiger partial charge is 0.394 e. The molecule has 2 heterocycles. The molecule has 1 aliphatic heterocycles. The third-order valence-electron chi connectivity index (χ3n) is 11.6. The fraction of sp³-hybridized carbons (Fsp3) is 0.587. The second kappa shape index (κ2) is 30.8. The molecule has 20 N–H and O–H groups in total. The van der Waals surface area contributed by atoms with Gasteiger partial charge < -0.3 is 85.7 Å².